The van der Waals surface area contributed by atoms with Gasteiger partial charge in [-0.2, -0.15) is 0 Å². The molecule has 0 rings (SSSR count). The van der Waals surface area contributed by atoms with Gasteiger partial charge in [0.25, 0.3) is 0 Å². The molecule has 9 heavy (non-hydrogen) atoms. The molecule has 0 aromatic carbocycles. The van der Waals surface area contributed by atoms with Gasteiger partial charge < -0.3 is 9.84 Å². The molecular weight excluding hydrogens is 120 g/mol. The van der Waals surface area contributed by atoms with Crippen LogP contribution in [-0.2, 0) is 9.53 Å². The number of hydrogen-bond acceptors (Lipinski definition) is 3. The molecule has 1 atom stereocenters. The van der Waals surface area contributed by atoms with Gasteiger partial charge in [0.05, 0.1) is 5.76 Å². The molecule has 0 bridgehead atoms. The largest absolute Gasteiger partial charge is 0.430 e. The summed E-state index contributed by atoms with van der Waals surface area (Å²) in [6, 6.07) is 0. The van der Waals surface area contributed by atoms with E-state index in [1.54, 1.807) is 6.92 Å². The third kappa shape index (κ3) is 3.73. The Kier molecular flexibility index (Phi) is 2.95. The number of aliphatic hydroxyl groups is 1. The van der Waals surface area contributed by atoms with Crippen LogP contribution in [0.4, 0.5) is 0 Å². The highest BCUT2D eigenvalue weighted by Crippen LogP contribution is 1.93. The number of carbonyl (C=O) groups excluding carboxylic acids is 1. The third-order valence-electron chi connectivity index (χ3n) is 0.616. The molecule has 0 amide bonds. The van der Waals surface area contributed by atoms with Gasteiger partial charge in [0.1, 0.15) is 6.10 Å². The molecule has 0 spiro atoms. The molecule has 0 aliphatic rings. The van der Waals surface area contributed by atoms with Crippen molar-refractivity contribution in [3.05, 3.63) is 12.3 Å². The number of esters is 1. The molecule has 1 unspecified atom stereocenters. The van der Waals surface area contributed by atoms with E-state index < -0.39 is 12.1 Å². The number of allylic oxidation sites excluding steroid dienone is 1. The van der Waals surface area contributed by atoms with Gasteiger partial charge in [0.2, 0.25) is 0 Å². The van der Waals surface area contributed by atoms with Crippen molar-refractivity contribution in [2.75, 3.05) is 0 Å². The normalized spacial score (nSPS) is 12.3. The van der Waals surface area contributed by atoms with Crippen molar-refractivity contribution in [3.63, 3.8) is 0 Å². The maximum Gasteiger partial charge on any atom is 0.339 e. The van der Waals surface area contributed by atoms with Gasteiger partial charge in [-0.1, -0.05) is 6.58 Å². The zero-order valence-corrected chi connectivity index (χ0v) is 5.55. The lowest BCUT2D eigenvalue weighted by molar-refractivity contribution is -0.147. The summed E-state index contributed by atoms with van der Waals surface area (Å²) in [7, 11) is 0. The zero-order valence-electron chi connectivity index (χ0n) is 5.55. The van der Waals surface area contributed by atoms with Crippen LogP contribution in [0.25, 0.3) is 0 Å². The van der Waals surface area contributed by atoms with E-state index in [-0.39, 0.29) is 0 Å². The van der Waals surface area contributed by atoms with Crippen LogP contribution in [0, 0.1) is 0 Å². The van der Waals surface area contributed by atoms with Gasteiger partial charge in [-0.25, -0.2) is 4.79 Å². The summed E-state index contributed by atoms with van der Waals surface area (Å²) in [5.74, 6) is -0.372. The first-order valence-corrected chi connectivity index (χ1v) is 2.59. The lowest BCUT2D eigenvalue weighted by Crippen LogP contribution is -2.17. The van der Waals surface area contributed by atoms with Crippen molar-refractivity contribution in [2.24, 2.45) is 0 Å². The Labute approximate surface area is 53.9 Å². The Morgan fingerprint density at radius 1 is 1.78 bits per heavy atom. The van der Waals surface area contributed by atoms with Crippen molar-refractivity contribution in [1.29, 1.82) is 0 Å². The van der Waals surface area contributed by atoms with Gasteiger partial charge in [0.15, 0.2) is 0 Å². The minimum Gasteiger partial charge on any atom is -0.430 e. The van der Waals surface area contributed by atoms with Crippen LogP contribution in [0.15, 0.2) is 12.3 Å². The van der Waals surface area contributed by atoms with Gasteiger partial charge >= 0.3 is 5.97 Å². The standard InChI is InChI=1S/C6H10O3/c1-4(2)9-6(8)5(3)7/h5,7H,1H2,2-3H3. The fourth-order valence-electron chi connectivity index (χ4n) is 0.257. The quantitative estimate of drug-likeness (QED) is 0.436. The fourth-order valence-corrected chi connectivity index (χ4v) is 0.257. The molecule has 0 radical (unpaired) electrons. The number of hydrogen-bond donors (Lipinski definition) is 1. The van der Waals surface area contributed by atoms with E-state index in [1.165, 1.54) is 6.92 Å². The average Bonchev–Trinajstić information content (AvgIpc) is 1.63. The smallest absolute Gasteiger partial charge is 0.339 e. The molecule has 52 valence electrons. The highest BCUT2D eigenvalue weighted by Gasteiger charge is 2.09. The van der Waals surface area contributed by atoms with Crippen LogP contribution in [-0.4, -0.2) is 17.2 Å². The lowest BCUT2D eigenvalue weighted by Gasteiger charge is -2.03. The molecule has 0 fully saturated rings. The van der Waals surface area contributed by atoms with Gasteiger partial charge in [-0.15, -0.1) is 0 Å². The average molecular weight is 130 g/mol. The van der Waals surface area contributed by atoms with Crippen molar-refractivity contribution >= 4 is 5.97 Å². The van der Waals surface area contributed by atoms with Crippen LogP contribution < -0.4 is 0 Å². The highest BCUT2D eigenvalue weighted by atomic mass is 16.5. The maximum absolute atomic E-state index is 10.4. The summed E-state index contributed by atoms with van der Waals surface area (Å²) < 4.78 is 4.43. The van der Waals surface area contributed by atoms with Gasteiger partial charge in [-0.05, 0) is 13.8 Å². The first-order valence-electron chi connectivity index (χ1n) is 2.59. The predicted molar refractivity (Wildman–Crippen MR) is 32.6 cm³/mol. The molecule has 0 aliphatic heterocycles. The van der Waals surface area contributed by atoms with E-state index in [4.69, 9.17) is 5.11 Å². The molecule has 3 nitrogen and oxygen atoms in total. The van der Waals surface area contributed by atoms with Crippen LogP contribution in [0.5, 0.6) is 0 Å². The van der Waals surface area contributed by atoms with E-state index in [0.717, 1.165) is 0 Å². The monoisotopic (exact) mass is 130 g/mol. The topological polar surface area (TPSA) is 46.5 Å². The molecule has 0 saturated carbocycles. The zero-order chi connectivity index (χ0) is 7.44. The second-order valence-electron chi connectivity index (χ2n) is 1.80. The fraction of sp³-hybridized carbons (Fsp3) is 0.500. The summed E-state index contributed by atoms with van der Waals surface area (Å²) in [6.45, 7) is 6.20. The Balaban J connectivity index is 3.64. The SMILES string of the molecule is C=C(C)OC(=O)C(C)O. The molecule has 3 heteroatoms. The summed E-state index contributed by atoms with van der Waals surface area (Å²) in [6.07, 6.45) is -1.07. The molecule has 0 aromatic rings. The molecule has 0 aromatic heterocycles. The van der Waals surface area contributed by atoms with Crippen molar-refractivity contribution in [1.82, 2.24) is 0 Å². The first kappa shape index (κ1) is 8.17. The Bertz CT molecular complexity index is 126. The third-order valence-corrected chi connectivity index (χ3v) is 0.616. The van der Waals surface area contributed by atoms with E-state index in [2.05, 4.69) is 11.3 Å². The minimum absolute atomic E-state index is 0.292. The maximum atomic E-state index is 10.4. The van der Waals surface area contributed by atoms with Crippen molar-refractivity contribution in [2.45, 2.75) is 20.0 Å². The van der Waals surface area contributed by atoms with Gasteiger partial charge in [0, 0.05) is 0 Å². The van der Waals surface area contributed by atoms with E-state index >= 15 is 0 Å². The van der Waals surface area contributed by atoms with Crippen molar-refractivity contribution in [3.8, 4) is 0 Å². The minimum atomic E-state index is -1.07. The number of rotatable bonds is 2. The number of ether oxygens (including phenoxy) is 1. The Hall–Kier alpha value is -0.830. The molecule has 0 heterocycles. The molecule has 0 aliphatic carbocycles. The Morgan fingerprint density at radius 3 is 2.33 bits per heavy atom. The summed E-state index contributed by atoms with van der Waals surface area (Å²) in [5, 5.41) is 8.55. The van der Waals surface area contributed by atoms with Crippen LogP contribution in [0.1, 0.15) is 13.8 Å². The number of aliphatic hydroxyl groups excluding tert-OH is 1. The predicted octanol–water partition coefficient (Wildman–Crippen LogP) is 0.444. The van der Waals surface area contributed by atoms with Crippen LogP contribution in [0.3, 0.4) is 0 Å². The summed E-state index contributed by atoms with van der Waals surface area (Å²) in [4.78, 5) is 10.4. The Morgan fingerprint density at radius 2 is 2.22 bits per heavy atom. The van der Waals surface area contributed by atoms with Crippen LogP contribution in [0.2, 0.25) is 0 Å². The van der Waals surface area contributed by atoms with Crippen molar-refractivity contribution < 1.29 is 14.6 Å². The molecule has 1 N–H and O–H groups in total. The lowest BCUT2D eigenvalue weighted by atomic mass is 10.4. The summed E-state index contributed by atoms with van der Waals surface area (Å²) >= 11 is 0. The number of carbonyl (C=O) groups is 1. The second-order valence-corrected chi connectivity index (χ2v) is 1.80. The molecule has 0 saturated heterocycles. The second kappa shape index (κ2) is 3.25. The van der Waals surface area contributed by atoms with E-state index in [9.17, 15) is 4.79 Å². The van der Waals surface area contributed by atoms with E-state index in [0.29, 0.717) is 5.76 Å². The van der Waals surface area contributed by atoms with Crippen LogP contribution >= 0.6 is 0 Å². The van der Waals surface area contributed by atoms with E-state index in [1.807, 2.05) is 0 Å². The first-order chi connectivity index (χ1) is 4.04. The van der Waals surface area contributed by atoms with Gasteiger partial charge in [-0.3, -0.25) is 0 Å². The summed E-state index contributed by atoms with van der Waals surface area (Å²) in [5.41, 5.74) is 0. The highest BCUT2D eigenvalue weighted by molar-refractivity contribution is 5.74. The molecular formula is C6H10O3.